The average molecular weight is 312 g/mol. The molecule has 0 saturated carbocycles. The van der Waals surface area contributed by atoms with Gasteiger partial charge in [0, 0.05) is 43.8 Å². The molecule has 0 bridgehead atoms. The fourth-order valence-corrected chi connectivity index (χ4v) is 3.26. The lowest BCUT2D eigenvalue weighted by atomic mass is 10.1. The molecule has 2 rings (SSSR count). The van der Waals surface area contributed by atoms with Crippen molar-refractivity contribution >= 4 is 22.4 Å². The minimum absolute atomic E-state index is 0.0104. The van der Waals surface area contributed by atoms with E-state index in [-0.39, 0.29) is 12.0 Å². The highest BCUT2D eigenvalue weighted by Crippen LogP contribution is 2.14. The van der Waals surface area contributed by atoms with E-state index in [1.54, 1.807) is 6.20 Å². The number of carbonyl (C=O) groups is 1. The van der Waals surface area contributed by atoms with Gasteiger partial charge in [0.25, 0.3) is 0 Å². The van der Waals surface area contributed by atoms with Crippen LogP contribution in [0.3, 0.4) is 0 Å². The third-order valence-corrected chi connectivity index (χ3v) is 4.39. The summed E-state index contributed by atoms with van der Waals surface area (Å²) in [4.78, 5) is 20.5. The van der Waals surface area contributed by atoms with Crippen molar-refractivity contribution in [1.82, 2.24) is 14.8 Å². The van der Waals surface area contributed by atoms with Gasteiger partial charge in [0.1, 0.15) is 0 Å². The van der Waals surface area contributed by atoms with Crippen LogP contribution in [0.2, 0.25) is 0 Å². The lowest BCUT2D eigenvalue weighted by Crippen LogP contribution is -2.55. The molecular weight excluding hydrogens is 288 g/mol. The van der Waals surface area contributed by atoms with E-state index < -0.39 is 0 Å². The first-order valence-corrected chi connectivity index (χ1v) is 8.30. The second kappa shape index (κ2) is 7.84. The summed E-state index contributed by atoms with van der Waals surface area (Å²) in [6, 6.07) is 0.404. The van der Waals surface area contributed by atoms with E-state index in [0.717, 1.165) is 26.1 Å². The van der Waals surface area contributed by atoms with Gasteiger partial charge < -0.3 is 10.4 Å². The SMILES string of the molecule is CC[C@H]1CN(CC(=O)Nc2nccs2)CCN1C[C@H](C)O. The van der Waals surface area contributed by atoms with Crippen LogP contribution in [-0.4, -0.2) is 70.7 Å². The Morgan fingerprint density at radius 3 is 3.05 bits per heavy atom. The molecule has 118 valence electrons. The van der Waals surface area contributed by atoms with Crippen LogP contribution in [0, 0.1) is 0 Å². The summed E-state index contributed by atoms with van der Waals surface area (Å²) in [5.74, 6) is -0.0104. The van der Waals surface area contributed by atoms with Crippen molar-refractivity contribution in [1.29, 1.82) is 0 Å². The Labute approximate surface area is 129 Å². The van der Waals surface area contributed by atoms with Crippen molar-refractivity contribution in [2.24, 2.45) is 0 Å². The molecule has 1 amide bonds. The monoisotopic (exact) mass is 312 g/mol. The number of nitrogens with zero attached hydrogens (tertiary/aromatic N) is 3. The summed E-state index contributed by atoms with van der Waals surface area (Å²) >= 11 is 1.43. The van der Waals surface area contributed by atoms with Crippen molar-refractivity contribution in [3.8, 4) is 0 Å². The Morgan fingerprint density at radius 1 is 1.62 bits per heavy atom. The second-order valence-corrected chi connectivity index (χ2v) is 6.42. The highest BCUT2D eigenvalue weighted by molar-refractivity contribution is 7.13. The van der Waals surface area contributed by atoms with Gasteiger partial charge in [-0.3, -0.25) is 14.6 Å². The Hall–Kier alpha value is -1.02. The smallest absolute Gasteiger partial charge is 0.240 e. The van der Waals surface area contributed by atoms with E-state index in [4.69, 9.17) is 0 Å². The van der Waals surface area contributed by atoms with E-state index in [1.807, 2.05) is 12.3 Å². The topological polar surface area (TPSA) is 68.7 Å². The van der Waals surface area contributed by atoms with E-state index in [0.29, 0.717) is 24.3 Å². The first-order valence-electron chi connectivity index (χ1n) is 7.42. The molecule has 1 aromatic rings. The first kappa shape index (κ1) is 16.4. The molecule has 0 aromatic carbocycles. The number of thiazole rings is 1. The van der Waals surface area contributed by atoms with Crippen LogP contribution in [0.5, 0.6) is 0 Å². The van der Waals surface area contributed by atoms with E-state index in [2.05, 4.69) is 27.0 Å². The van der Waals surface area contributed by atoms with Gasteiger partial charge in [0.05, 0.1) is 12.6 Å². The fraction of sp³-hybridized carbons (Fsp3) is 0.714. The van der Waals surface area contributed by atoms with Gasteiger partial charge in [-0.25, -0.2) is 4.98 Å². The molecule has 21 heavy (non-hydrogen) atoms. The van der Waals surface area contributed by atoms with Gasteiger partial charge in [0.2, 0.25) is 5.91 Å². The normalized spacial score (nSPS) is 22.1. The predicted octanol–water partition coefficient (Wildman–Crippen LogP) is 0.859. The number of hydrogen-bond acceptors (Lipinski definition) is 6. The Kier molecular flexibility index (Phi) is 6.10. The van der Waals surface area contributed by atoms with E-state index in [1.165, 1.54) is 11.3 Å². The molecule has 0 unspecified atom stereocenters. The first-order chi connectivity index (χ1) is 10.1. The van der Waals surface area contributed by atoms with Gasteiger partial charge in [-0.1, -0.05) is 6.92 Å². The lowest BCUT2D eigenvalue weighted by Gasteiger charge is -2.41. The van der Waals surface area contributed by atoms with Gasteiger partial charge in [-0.2, -0.15) is 0 Å². The van der Waals surface area contributed by atoms with Crippen LogP contribution in [0.15, 0.2) is 11.6 Å². The quantitative estimate of drug-likeness (QED) is 0.815. The molecule has 1 fully saturated rings. The zero-order valence-corrected chi connectivity index (χ0v) is 13.5. The zero-order chi connectivity index (χ0) is 15.2. The molecule has 1 aliphatic heterocycles. The lowest BCUT2D eigenvalue weighted by molar-refractivity contribution is -0.118. The minimum Gasteiger partial charge on any atom is -0.392 e. The number of nitrogens with one attached hydrogen (secondary N) is 1. The van der Waals surface area contributed by atoms with Gasteiger partial charge >= 0.3 is 0 Å². The maximum absolute atomic E-state index is 12.0. The molecule has 1 aromatic heterocycles. The average Bonchev–Trinajstić information content (AvgIpc) is 2.92. The standard InChI is InChI=1S/C14H24N4O2S/c1-3-12-9-17(5-6-18(12)8-11(2)19)10-13(20)16-14-15-4-7-21-14/h4,7,11-12,19H,3,5-6,8-10H2,1-2H3,(H,15,16,20)/t11-,12-/m0/s1. The highest BCUT2D eigenvalue weighted by atomic mass is 32.1. The molecule has 2 atom stereocenters. The molecule has 7 heteroatoms. The van der Waals surface area contributed by atoms with Gasteiger partial charge in [-0.15, -0.1) is 11.3 Å². The van der Waals surface area contributed by atoms with Crippen molar-refractivity contribution < 1.29 is 9.90 Å². The summed E-state index contributed by atoms with van der Waals surface area (Å²) in [7, 11) is 0. The van der Waals surface area contributed by atoms with Crippen LogP contribution in [-0.2, 0) is 4.79 Å². The third kappa shape index (κ3) is 5.03. The van der Waals surface area contributed by atoms with E-state index in [9.17, 15) is 9.90 Å². The van der Waals surface area contributed by atoms with E-state index >= 15 is 0 Å². The molecule has 1 aliphatic rings. The van der Waals surface area contributed by atoms with Gasteiger partial charge in [0.15, 0.2) is 5.13 Å². The largest absolute Gasteiger partial charge is 0.392 e. The number of aliphatic hydroxyl groups is 1. The highest BCUT2D eigenvalue weighted by Gasteiger charge is 2.27. The molecule has 1 saturated heterocycles. The number of β-amino-alcohol motifs (C(OH)–C–C–N with tert-alkyl or cyclic N) is 1. The summed E-state index contributed by atoms with van der Waals surface area (Å²) in [6.45, 7) is 7.70. The molecule has 2 N–H and O–H groups in total. The maximum atomic E-state index is 12.0. The molecule has 0 radical (unpaired) electrons. The minimum atomic E-state index is -0.307. The molecule has 6 nitrogen and oxygen atoms in total. The van der Waals surface area contributed by atoms with Crippen molar-refractivity contribution in [3.63, 3.8) is 0 Å². The Balaban J connectivity index is 1.81. The van der Waals surface area contributed by atoms with Gasteiger partial charge in [-0.05, 0) is 13.3 Å². The number of rotatable bonds is 6. The van der Waals surface area contributed by atoms with Crippen LogP contribution in [0.25, 0.3) is 0 Å². The fourth-order valence-electron chi connectivity index (χ4n) is 2.71. The Morgan fingerprint density at radius 2 is 2.43 bits per heavy atom. The molecule has 0 spiro atoms. The van der Waals surface area contributed by atoms with Crippen molar-refractivity contribution in [2.75, 3.05) is 38.0 Å². The number of hydrogen-bond donors (Lipinski definition) is 2. The summed E-state index contributed by atoms with van der Waals surface area (Å²) < 4.78 is 0. The van der Waals surface area contributed by atoms with Crippen molar-refractivity contribution in [2.45, 2.75) is 32.4 Å². The third-order valence-electron chi connectivity index (χ3n) is 3.70. The van der Waals surface area contributed by atoms with Crippen LogP contribution in [0.1, 0.15) is 20.3 Å². The maximum Gasteiger partial charge on any atom is 0.240 e. The summed E-state index contributed by atoms with van der Waals surface area (Å²) in [6.07, 6.45) is 2.40. The second-order valence-electron chi connectivity index (χ2n) is 5.53. The van der Waals surface area contributed by atoms with Crippen LogP contribution in [0.4, 0.5) is 5.13 Å². The zero-order valence-electron chi connectivity index (χ0n) is 12.7. The summed E-state index contributed by atoms with van der Waals surface area (Å²) in [5.41, 5.74) is 0. The number of anilines is 1. The molecular formula is C14H24N4O2S. The Bertz CT molecular complexity index is 438. The summed E-state index contributed by atoms with van der Waals surface area (Å²) in [5, 5.41) is 14.9. The van der Waals surface area contributed by atoms with Crippen molar-refractivity contribution in [3.05, 3.63) is 11.6 Å². The predicted molar refractivity (Wildman–Crippen MR) is 84.5 cm³/mol. The number of aliphatic hydroxyl groups excluding tert-OH is 1. The number of amides is 1. The van der Waals surface area contributed by atoms with Crippen LogP contribution >= 0.6 is 11.3 Å². The molecule has 0 aliphatic carbocycles. The molecule has 2 heterocycles. The van der Waals surface area contributed by atoms with Crippen LogP contribution < -0.4 is 5.32 Å². The number of carbonyl (C=O) groups excluding carboxylic acids is 1. The number of aromatic nitrogens is 1. The number of piperazine rings is 1.